The van der Waals surface area contributed by atoms with Crippen molar-refractivity contribution in [2.45, 2.75) is 410 Å². The lowest BCUT2D eigenvalue weighted by molar-refractivity contribution is -0.402. The van der Waals surface area contributed by atoms with Crippen LogP contribution in [0, 0.1) is 0 Å². The Balaban J connectivity index is 0.907. The standard InChI is InChI=1S/C82H137N5O60/c1-18-40(102)52(114)58(120)76(127-18)147-70-56(118)44(106)26(9-90)131-81(70)143-66-32(15-96)136-75(39(51(66)113)87-23(6)101)146-69-55(117)43(105)27(10-91)132-82(69)144-67-46(108)34(137-79(61(67)123)142-65-31(14-95)134-73(37(49(65)111)85-21(4)99)139-62-28(11-92)128-71(124)35(47(62)109)83-19(2)97)17-126-80-68(145-74-38(86-22(5)100)50(112)64(30(13-94)135-74)141-78-60(122)54(116)42(104)25(8-89)130-78)57(119)45(107)33(138-80)16-125-72-36(84-20(3)98)48(110)63(29(12-93)133-72)140-77-59(121)53(115)41(103)24(7-88)129-77/h18,24-82,88-96,102-124H,7-17H2,1-6H3,(H,83,97)(H,84,98)(H,85,99)(H,86,100)(H,87,101)/t18-,24+,25+,26+,27+,28+,29+,30+,31+,32+,33+,34+,35+,36+,37+,38+,39+,40+,41-,42-,43+,44-,45+,46+,47+,48+,49+,50+,51+,52+,53-,54-,55-,56-,57-,58-,59+,60+,61-,62+,63+,64+,65+,66+,67-,68-,69-,70+,71?,72+,73-,74-,75-,76-,77-,78-,79-,80-,81-,82+/m0/s1. The summed E-state index contributed by atoms with van der Waals surface area (Å²) in [4.78, 5) is 65.3. The second-order valence-electron chi connectivity index (χ2n) is 37.3. The first-order valence-corrected chi connectivity index (χ1v) is 47.0. The van der Waals surface area contributed by atoms with E-state index in [1.807, 2.05) is 0 Å². The second kappa shape index (κ2) is 52.8. The van der Waals surface area contributed by atoms with Crippen LogP contribution in [-0.2, 0) is 133 Å². The predicted molar refractivity (Wildman–Crippen MR) is 452 cm³/mol. The monoisotopic (exact) mass is 2150 g/mol. The van der Waals surface area contributed by atoms with Crippen LogP contribution in [0.15, 0.2) is 0 Å². The summed E-state index contributed by atoms with van der Waals surface area (Å²) in [5.41, 5.74) is 0. The van der Waals surface area contributed by atoms with Gasteiger partial charge in [-0.2, -0.15) is 0 Å². The van der Waals surface area contributed by atoms with Crippen LogP contribution >= 0.6 is 0 Å². The molecule has 65 heteroatoms. The molecule has 12 heterocycles. The van der Waals surface area contributed by atoms with Gasteiger partial charge in [0.15, 0.2) is 75.5 Å². The molecule has 0 saturated carbocycles. The van der Waals surface area contributed by atoms with Gasteiger partial charge in [0.2, 0.25) is 29.5 Å². The summed E-state index contributed by atoms with van der Waals surface area (Å²) in [5, 5.41) is 374. The van der Waals surface area contributed by atoms with Crippen molar-refractivity contribution in [1.82, 2.24) is 26.6 Å². The van der Waals surface area contributed by atoms with Crippen molar-refractivity contribution in [2.75, 3.05) is 72.7 Å². The largest absolute Gasteiger partial charge is 0.394 e. The van der Waals surface area contributed by atoms with Crippen LogP contribution in [0.4, 0.5) is 0 Å². The SMILES string of the molecule is CC(=O)N[C@H]1[C@H](O[C@H]2[C@H](O)[C@@H](NC(C)=O)C(O)O[C@@H]2CO)O[C@H](CO)[C@@H](O[C@@H]2O[C@H](CO[C@H]3O[C@H](CO[C@@H]4O[C@H](CO)[C@@H](O[C@@H]5O[C@H](CO)[C@H](O)[C@H](O)[C@H]5O)[C@H](O)[C@H]4NC(C)=O)[C@@H](O)[C@H](O)[C@@H]3O[C@@H]3O[C@H](CO)[C@@H](O[C@@H]4O[C@H](CO)[C@H](O)[C@H](O)[C@H]4O)[C@H](O)[C@H]3NC(C)=O)[C@@H](O)[C@H](O[C@H]3O[C@H](CO)[C@@H](O)[C@H](O)[C@@H]3O[C@@H]3O[C@H](CO)[C@@H](O[C@@H]4O[C@H](CO)[C@H](O)[C@H](O)[C@H]4O[C@@H]4O[C@@H](C)[C@@H](O)[C@@H](O)[C@@H]4O)[C@H](O)[C@H]3NC(C)=O)[C@@H]2O)[C@@H]1O. The molecule has 12 fully saturated rings. The molecule has 0 aromatic rings. The van der Waals surface area contributed by atoms with Crippen molar-refractivity contribution in [1.29, 1.82) is 0 Å². The van der Waals surface area contributed by atoms with Gasteiger partial charge in [-0.05, 0) is 6.92 Å². The van der Waals surface area contributed by atoms with Gasteiger partial charge in [0, 0.05) is 34.6 Å². The molecule has 60 atom stereocenters. The zero-order valence-electron chi connectivity index (χ0n) is 79.2. The molecule has 37 N–H and O–H groups in total. The third-order valence-electron chi connectivity index (χ3n) is 27.0. The third-order valence-corrected chi connectivity index (χ3v) is 27.0. The fraction of sp³-hybridized carbons (Fsp3) is 0.939. The molecule has 12 saturated heterocycles. The lowest BCUT2D eigenvalue weighted by atomic mass is 9.93. The second-order valence-corrected chi connectivity index (χ2v) is 37.3. The van der Waals surface area contributed by atoms with Gasteiger partial charge in [-0.1, -0.05) is 0 Å². The highest BCUT2D eigenvalue weighted by molar-refractivity contribution is 5.75. The van der Waals surface area contributed by atoms with E-state index < -0.39 is 470 Å². The van der Waals surface area contributed by atoms with Crippen LogP contribution in [0.2, 0.25) is 0 Å². The quantitative estimate of drug-likeness (QED) is 0.0273. The highest BCUT2D eigenvalue weighted by Gasteiger charge is 2.64. The minimum atomic E-state index is -2.74. The number of aliphatic hydroxyl groups is 32. The Kier molecular flexibility index (Phi) is 43.4. The zero-order chi connectivity index (χ0) is 108. The van der Waals surface area contributed by atoms with Gasteiger partial charge in [0.1, 0.15) is 287 Å². The Bertz CT molecular complexity index is 4110. The van der Waals surface area contributed by atoms with Gasteiger partial charge in [-0.25, -0.2) is 0 Å². The molecule has 0 aromatic carbocycles. The summed E-state index contributed by atoms with van der Waals surface area (Å²) < 4.78 is 138. The predicted octanol–water partition coefficient (Wildman–Crippen LogP) is -25.4. The Morgan fingerprint density at radius 3 is 0.762 bits per heavy atom. The van der Waals surface area contributed by atoms with Gasteiger partial charge in [0.05, 0.1) is 78.8 Å². The maximum atomic E-state index is 13.4. The van der Waals surface area contributed by atoms with Gasteiger partial charge in [-0.15, -0.1) is 0 Å². The molecule has 0 aromatic heterocycles. The van der Waals surface area contributed by atoms with E-state index in [9.17, 15) is 187 Å². The Morgan fingerprint density at radius 2 is 0.408 bits per heavy atom. The first-order valence-electron chi connectivity index (χ1n) is 47.0. The van der Waals surface area contributed by atoms with Crippen molar-refractivity contribution in [3.63, 3.8) is 0 Å². The molecule has 1 unspecified atom stereocenters. The van der Waals surface area contributed by atoms with Crippen LogP contribution in [-0.4, -0.2) is 634 Å². The molecule has 65 nitrogen and oxygen atoms in total. The number of rotatable bonds is 38. The lowest BCUT2D eigenvalue weighted by Gasteiger charge is -2.51. The van der Waals surface area contributed by atoms with Crippen LogP contribution < -0.4 is 26.6 Å². The van der Waals surface area contributed by atoms with E-state index >= 15 is 0 Å². The molecule has 850 valence electrons. The number of carbonyl (C=O) groups excluding carboxylic acids is 5. The van der Waals surface area contributed by atoms with E-state index in [1.54, 1.807) is 0 Å². The number of aliphatic hydroxyl groups excluding tert-OH is 32. The Morgan fingerprint density at radius 1 is 0.190 bits per heavy atom. The number of hydrogen-bond donors (Lipinski definition) is 37. The van der Waals surface area contributed by atoms with Gasteiger partial charge < -0.3 is 299 Å². The van der Waals surface area contributed by atoms with E-state index in [0.29, 0.717) is 0 Å². The summed E-state index contributed by atoms with van der Waals surface area (Å²) in [6.07, 6.45) is -119. The number of hydrogen-bond acceptors (Lipinski definition) is 60. The van der Waals surface area contributed by atoms with Crippen LogP contribution in [0.5, 0.6) is 0 Å². The van der Waals surface area contributed by atoms with Gasteiger partial charge in [0.25, 0.3) is 0 Å². The number of carbonyl (C=O) groups is 5. The van der Waals surface area contributed by atoms with Crippen molar-refractivity contribution >= 4 is 29.5 Å². The molecule has 0 bridgehead atoms. The smallest absolute Gasteiger partial charge is 0.217 e. The molecule has 5 amide bonds. The average molecular weight is 2150 g/mol. The van der Waals surface area contributed by atoms with Gasteiger partial charge in [-0.3, -0.25) is 24.0 Å². The normalized spacial score (nSPS) is 49.6. The number of ether oxygens (including phenoxy) is 23. The summed E-state index contributed by atoms with van der Waals surface area (Å²) in [5.74, 6) is -4.90. The zero-order valence-corrected chi connectivity index (χ0v) is 79.2. The van der Waals surface area contributed by atoms with Crippen LogP contribution in [0.3, 0.4) is 0 Å². The Hall–Kier alpha value is -4.85. The molecular formula is C82H137N5O60. The summed E-state index contributed by atoms with van der Waals surface area (Å²) >= 11 is 0. The van der Waals surface area contributed by atoms with E-state index in [-0.39, 0.29) is 0 Å². The van der Waals surface area contributed by atoms with E-state index in [0.717, 1.165) is 34.6 Å². The summed E-state index contributed by atoms with van der Waals surface area (Å²) in [6, 6.07) is -9.86. The first-order chi connectivity index (χ1) is 69.5. The first kappa shape index (κ1) is 121. The third kappa shape index (κ3) is 26.8. The minimum absolute atomic E-state index is 0.839. The number of nitrogens with one attached hydrogen (secondary N) is 5. The minimum Gasteiger partial charge on any atom is -0.394 e. The van der Waals surface area contributed by atoms with E-state index in [1.165, 1.54) is 6.92 Å². The van der Waals surface area contributed by atoms with Crippen molar-refractivity contribution in [3.05, 3.63) is 0 Å². The van der Waals surface area contributed by atoms with Crippen LogP contribution in [0.1, 0.15) is 41.5 Å². The number of amides is 5. The molecule has 12 aliphatic rings. The average Bonchev–Trinajstić information content (AvgIpc) is 0.753. The van der Waals surface area contributed by atoms with Crippen molar-refractivity contribution in [2.24, 2.45) is 0 Å². The molecule has 12 aliphatic heterocycles. The summed E-state index contributed by atoms with van der Waals surface area (Å²) in [7, 11) is 0. The highest BCUT2D eigenvalue weighted by atomic mass is 16.8. The molecule has 0 spiro atoms. The lowest BCUT2D eigenvalue weighted by Crippen LogP contribution is -2.71. The molecular weight excluding hydrogens is 2010 g/mol. The highest BCUT2D eigenvalue weighted by Crippen LogP contribution is 2.43. The van der Waals surface area contributed by atoms with Crippen molar-refractivity contribution in [3.8, 4) is 0 Å². The van der Waals surface area contributed by atoms with E-state index in [2.05, 4.69) is 26.6 Å². The topological polar surface area (TPSA) is 1010 Å². The maximum absolute atomic E-state index is 13.4. The summed E-state index contributed by atoms with van der Waals surface area (Å²) in [6.45, 7) is -7.15. The molecule has 12 rings (SSSR count). The fourth-order valence-electron chi connectivity index (χ4n) is 19.1. The molecule has 0 radical (unpaired) electrons. The van der Waals surface area contributed by atoms with Crippen LogP contribution in [0.25, 0.3) is 0 Å². The Labute approximate surface area is 832 Å². The molecule has 0 aliphatic carbocycles. The molecule has 147 heavy (non-hydrogen) atoms. The fourth-order valence-corrected chi connectivity index (χ4v) is 19.1. The maximum Gasteiger partial charge on any atom is 0.217 e. The van der Waals surface area contributed by atoms with Gasteiger partial charge >= 0.3 is 0 Å². The van der Waals surface area contributed by atoms with Crippen molar-refractivity contribution < 1.29 is 296 Å². The van der Waals surface area contributed by atoms with E-state index in [4.69, 9.17) is 109 Å².